The first kappa shape index (κ1) is 14.1. The fourth-order valence-corrected chi connectivity index (χ4v) is 1.93. The lowest BCUT2D eigenvalue weighted by atomic mass is 10.0. The molecular weight excluding hydrogens is 330 g/mol. The molecule has 0 radical (unpaired) electrons. The highest BCUT2D eigenvalue weighted by Crippen LogP contribution is 2.34. The van der Waals surface area contributed by atoms with E-state index in [0.717, 1.165) is 6.07 Å². The van der Waals surface area contributed by atoms with Crippen LogP contribution in [0.25, 0.3) is 0 Å². The predicted molar refractivity (Wildman–Crippen MR) is 63.8 cm³/mol. The minimum atomic E-state index is -4.76. The van der Waals surface area contributed by atoms with E-state index in [0.29, 0.717) is 10.7 Å². The molecule has 0 bridgehead atoms. The van der Waals surface area contributed by atoms with E-state index in [1.165, 1.54) is 12.1 Å². The van der Waals surface area contributed by atoms with Crippen LogP contribution in [-0.2, 0) is 6.18 Å². The molecule has 102 valence electrons. The average Bonchev–Trinajstić information content (AvgIpc) is 2.74. The van der Waals surface area contributed by atoms with Gasteiger partial charge in [-0.2, -0.15) is 13.2 Å². The van der Waals surface area contributed by atoms with Crippen molar-refractivity contribution >= 4 is 15.9 Å². The van der Waals surface area contributed by atoms with Gasteiger partial charge in [-0.05, 0) is 45.8 Å². The lowest BCUT2D eigenvalue weighted by Crippen LogP contribution is -2.14. The summed E-state index contributed by atoms with van der Waals surface area (Å²) < 4.78 is 56.5. The van der Waals surface area contributed by atoms with Crippen molar-refractivity contribution in [3.8, 4) is 0 Å². The van der Waals surface area contributed by atoms with E-state index in [-0.39, 0.29) is 11.3 Å². The summed E-state index contributed by atoms with van der Waals surface area (Å²) in [5.74, 6) is -1.05. The molecule has 0 aliphatic rings. The Morgan fingerprint density at radius 1 is 1.16 bits per heavy atom. The van der Waals surface area contributed by atoms with Gasteiger partial charge in [0.15, 0.2) is 4.67 Å². The Morgan fingerprint density at radius 2 is 1.84 bits per heavy atom. The molecule has 2 N–H and O–H groups in total. The topological polar surface area (TPSA) is 39.2 Å². The first-order valence-electron chi connectivity index (χ1n) is 5.16. The van der Waals surface area contributed by atoms with Crippen molar-refractivity contribution in [3.05, 3.63) is 57.7 Å². The van der Waals surface area contributed by atoms with Gasteiger partial charge in [0.1, 0.15) is 11.6 Å². The second kappa shape index (κ2) is 4.97. The van der Waals surface area contributed by atoms with Crippen LogP contribution in [0.1, 0.15) is 22.9 Å². The molecule has 0 fully saturated rings. The molecule has 1 aromatic carbocycles. The van der Waals surface area contributed by atoms with E-state index < -0.39 is 23.6 Å². The zero-order valence-electron chi connectivity index (χ0n) is 9.34. The van der Waals surface area contributed by atoms with Gasteiger partial charge in [0.05, 0.1) is 11.6 Å². The van der Waals surface area contributed by atoms with Gasteiger partial charge in [-0.25, -0.2) is 4.39 Å². The summed E-state index contributed by atoms with van der Waals surface area (Å²) in [6.45, 7) is 0. The summed E-state index contributed by atoms with van der Waals surface area (Å²) in [6, 6.07) is 4.85. The van der Waals surface area contributed by atoms with Crippen LogP contribution < -0.4 is 5.73 Å². The second-order valence-corrected chi connectivity index (χ2v) is 4.64. The smallest absolute Gasteiger partial charge is 0.419 e. The average molecular weight is 338 g/mol. The van der Waals surface area contributed by atoms with Gasteiger partial charge in [0, 0.05) is 0 Å². The molecule has 1 heterocycles. The summed E-state index contributed by atoms with van der Waals surface area (Å²) >= 11 is 3.07. The number of hydrogen-bond acceptors (Lipinski definition) is 2. The van der Waals surface area contributed by atoms with E-state index in [1.54, 1.807) is 6.07 Å². The molecular formula is C12H8BrF4NO. The number of halogens is 5. The van der Waals surface area contributed by atoms with Gasteiger partial charge >= 0.3 is 6.18 Å². The molecule has 1 atom stereocenters. The van der Waals surface area contributed by atoms with E-state index in [1.807, 2.05) is 0 Å². The fraction of sp³-hybridized carbons (Fsp3) is 0.167. The second-order valence-electron chi connectivity index (χ2n) is 3.86. The Balaban J connectivity index is 2.41. The first-order chi connectivity index (χ1) is 8.79. The molecule has 2 nitrogen and oxygen atoms in total. The molecule has 0 amide bonds. The maximum Gasteiger partial charge on any atom is 0.419 e. The van der Waals surface area contributed by atoms with Crippen LogP contribution in [0.3, 0.4) is 0 Å². The molecule has 0 saturated heterocycles. The van der Waals surface area contributed by atoms with Crippen LogP contribution in [0.4, 0.5) is 17.6 Å². The van der Waals surface area contributed by atoms with Gasteiger partial charge in [0.2, 0.25) is 0 Å². The standard InChI is InChI=1S/C12H8BrF4NO/c13-10-4-3-9(19-10)11(18)6-1-2-8(14)7(5-6)12(15,16)17/h1-5,11H,18H2. The molecule has 0 aliphatic heterocycles. The van der Waals surface area contributed by atoms with Crippen molar-refractivity contribution in [2.24, 2.45) is 5.73 Å². The summed E-state index contributed by atoms with van der Waals surface area (Å²) in [6.07, 6.45) is -4.76. The SMILES string of the molecule is NC(c1ccc(F)c(C(F)(F)F)c1)c1ccc(Br)o1. The number of hydrogen-bond donors (Lipinski definition) is 1. The van der Waals surface area contributed by atoms with Gasteiger partial charge in [0.25, 0.3) is 0 Å². The van der Waals surface area contributed by atoms with Gasteiger partial charge < -0.3 is 10.2 Å². The monoisotopic (exact) mass is 337 g/mol. The molecule has 1 aromatic heterocycles. The van der Waals surface area contributed by atoms with Crippen LogP contribution in [0.15, 0.2) is 39.4 Å². The van der Waals surface area contributed by atoms with Crippen LogP contribution >= 0.6 is 15.9 Å². The van der Waals surface area contributed by atoms with Crippen molar-refractivity contribution < 1.29 is 22.0 Å². The first-order valence-corrected chi connectivity index (χ1v) is 5.96. The quantitative estimate of drug-likeness (QED) is 0.832. The number of benzene rings is 1. The maximum absolute atomic E-state index is 13.1. The molecule has 2 aromatic rings. The van der Waals surface area contributed by atoms with Gasteiger partial charge in [-0.3, -0.25) is 0 Å². The largest absolute Gasteiger partial charge is 0.452 e. The van der Waals surface area contributed by atoms with Gasteiger partial charge in [-0.15, -0.1) is 0 Å². The van der Waals surface area contributed by atoms with E-state index >= 15 is 0 Å². The van der Waals surface area contributed by atoms with Crippen molar-refractivity contribution in [2.45, 2.75) is 12.2 Å². The van der Waals surface area contributed by atoms with Crippen molar-refractivity contribution in [2.75, 3.05) is 0 Å². The van der Waals surface area contributed by atoms with Crippen LogP contribution in [0.2, 0.25) is 0 Å². The van der Waals surface area contributed by atoms with Crippen LogP contribution in [0, 0.1) is 5.82 Å². The third-order valence-corrected chi connectivity index (χ3v) is 2.98. The number of nitrogens with two attached hydrogens (primary N) is 1. The Morgan fingerprint density at radius 3 is 2.37 bits per heavy atom. The minimum Gasteiger partial charge on any atom is -0.452 e. The molecule has 0 aliphatic carbocycles. The Hall–Kier alpha value is -1.34. The highest BCUT2D eigenvalue weighted by molar-refractivity contribution is 9.10. The summed E-state index contributed by atoms with van der Waals surface area (Å²) in [5, 5.41) is 0. The summed E-state index contributed by atoms with van der Waals surface area (Å²) in [7, 11) is 0. The molecule has 1 unspecified atom stereocenters. The molecule has 7 heteroatoms. The lowest BCUT2D eigenvalue weighted by molar-refractivity contribution is -0.140. The predicted octanol–water partition coefficient (Wildman–Crippen LogP) is 4.25. The minimum absolute atomic E-state index is 0.121. The zero-order chi connectivity index (χ0) is 14.2. The summed E-state index contributed by atoms with van der Waals surface area (Å²) in [4.78, 5) is 0. The molecule has 2 rings (SSSR count). The Bertz CT molecular complexity index is 594. The van der Waals surface area contributed by atoms with Crippen molar-refractivity contribution in [1.29, 1.82) is 0 Å². The summed E-state index contributed by atoms with van der Waals surface area (Å²) in [5.41, 5.74) is 4.57. The van der Waals surface area contributed by atoms with Crippen LogP contribution in [0.5, 0.6) is 0 Å². The van der Waals surface area contributed by atoms with E-state index in [9.17, 15) is 17.6 Å². The normalized spacial score (nSPS) is 13.6. The maximum atomic E-state index is 13.1. The van der Waals surface area contributed by atoms with Crippen molar-refractivity contribution in [1.82, 2.24) is 0 Å². The molecule has 19 heavy (non-hydrogen) atoms. The number of rotatable bonds is 2. The van der Waals surface area contributed by atoms with Crippen LogP contribution in [-0.4, -0.2) is 0 Å². The molecule has 0 spiro atoms. The Kier molecular flexibility index (Phi) is 3.69. The third-order valence-electron chi connectivity index (χ3n) is 2.56. The Labute approximate surface area is 114 Å². The highest BCUT2D eigenvalue weighted by atomic mass is 79.9. The highest BCUT2D eigenvalue weighted by Gasteiger charge is 2.34. The fourth-order valence-electron chi connectivity index (χ4n) is 1.61. The van der Waals surface area contributed by atoms with Gasteiger partial charge in [-0.1, -0.05) is 6.07 Å². The molecule has 0 saturated carbocycles. The number of furan rings is 1. The van der Waals surface area contributed by atoms with E-state index in [4.69, 9.17) is 10.2 Å². The third kappa shape index (κ3) is 2.98. The van der Waals surface area contributed by atoms with Crippen molar-refractivity contribution in [3.63, 3.8) is 0 Å². The zero-order valence-corrected chi connectivity index (χ0v) is 10.9. The van der Waals surface area contributed by atoms with E-state index in [2.05, 4.69) is 15.9 Å². The number of alkyl halides is 3. The lowest BCUT2D eigenvalue weighted by Gasteiger charge is -2.13.